The molecule has 1 saturated heterocycles. The van der Waals surface area contributed by atoms with Crippen LogP contribution in [0.3, 0.4) is 0 Å². The van der Waals surface area contributed by atoms with Crippen molar-refractivity contribution in [3.05, 3.63) is 21.7 Å². The molecule has 1 amide bonds. The summed E-state index contributed by atoms with van der Waals surface area (Å²) in [5, 5.41) is 49.3. The molecule has 0 radical (unpaired) electrons. The fourth-order valence-corrected chi connectivity index (χ4v) is 5.39. The van der Waals surface area contributed by atoms with Crippen LogP contribution < -0.4 is 5.32 Å². The van der Waals surface area contributed by atoms with Crippen molar-refractivity contribution in [2.75, 3.05) is 0 Å². The van der Waals surface area contributed by atoms with Crippen LogP contribution in [0.25, 0.3) is 6.08 Å². The number of nitrogens with one attached hydrogen (secondary N) is 1. The highest BCUT2D eigenvalue weighted by atomic mass is 32.1. The molecule has 1 aromatic heterocycles. The van der Waals surface area contributed by atoms with Gasteiger partial charge in [-0.25, -0.2) is 4.98 Å². The highest BCUT2D eigenvalue weighted by Crippen LogP contribution is 2.33. The summed E-state index contributed by atoms with van der Waals surface area (Å²) in [7, 11) is 0. The molecule has 9 heteroatoms. The number of aromatic nitrogens is 1. The molecule has 1 fully saturated rings. The van der Waals surface area contributed by atoms with Gasteiger partial charge in [-0.3, -0.25) is 9.59 Å². The Morgan fingerprint density at radius 1 is 1.17 bits per heavy atom. The Kier molecular flexibility index (Phi) is 10.4. The molecular weight excluding hydrogens is 480 g/mol. The number of carbonyl (C=O) groups excluding carboxylic acids is 2. The molecule has 5 N–H and O–H groups in total. The van der Waals surface area contributed by atoms with E-state index in [0.29, 0.717) is 19.3 Å². The zero-order valence-electron chi connectivity index (χ0n) is 22.6. The van der Waals surface area contributed by atoms with Crippen molar-refractivity contribution in [3.8, 4) is 0 Å². The zero-order valence-corrected chi connectivity index (χ0v) is 23.4. The van der Waals surface area contributed by atoms with Crippen LogP contribution in [0.5, 0.6) is 0 Å². The molecule has 1 aromatic rings. The van der Waals surface area contributed by atoms with Crippen molar-refractivity contribution < 1.29 is 30.0 Å². The van der Waals surface area contributed by atoms with Gasteiger partial charge in [0, 0.05) is 17.7 Å². The predicted molar refractivity (Wildman–Crippen MR) is 141 cm³/mol. The summed E-state index contributed by atoms with van der Waals surface area (Å²) in [5.74, 6) is -1.73. The highest BCUT2D eigenvalue weighted by molar-refractivity contribution is 7.09. The lowest BCUT2D eigenvalue weighted by Gasteiger charge is -2.36. The van der Waals surface area contributed by atoms with Gasteiger partial charge in [-0.05, 0) is 51.2 Å². The normalized spacial score (nSPS) is 35.9. The largest absolute Gasteiger partial charge is 0.392 e. The smallest absolute Gasteiger partial charge is 0.223 e. The van der Waals surface area contributed by atoms with Gasteiger partial charge in [0.25, 0.3) is 0 Å². The third-order valence-corrected chi connectivity index (χ3v) is 8.56. The first-order valence-corrected chi connectivity index (χ1v) is 13.6. The number of rotatable bonds is 2. The molecule has 1 aliphatic heterocycles. The Bertz CT molecular complexity index is 940. The molecule has 1 aliphatic rings. The standard InChI is InChI=1S/C27H44N2O6S/c1-15-9-8-10-27(7,35)22(31)12-20(16(2)11-19-14-36-18(4)28-19)29-23(32)13-21(30)26(5,6)25(34)17(3)24(15)33/h11,14-15,17,20-22,24,30-31,33,35H,8-10,12-13H2,1-7H3,(H,29,32)/b16-11+/t15-,17+,20-,21-,22+,24-,27+/m0/s1. The third-order valence-electron chi connectivity index (χ3n) is 7.77. The molecule has 0 unspecified atom stereocenters. The van der Waals surface area contributed by atoms with Gasteiger partial charge in [-0.2, -0.15) is 0 Å². The highest BCUT2D eigenvalue weighted by Gasteiger charge is 2.42. The molecule has 2 rings (SSSR count). The number of carbonyl (C=O) groups is 2. The first-order chi connectivity index (χ1) is 16.6. The van der Waals surface area contributed by atoms with Gasteiger partial charge in [-0.1, -0.05) is 34.1 Å². The van der Waals surface area contributed by atoms with Crippen molar-refractivity contribution in [3.63, 3.8) is 0 Å². The minimum absolute atomic E-state index is 0.0673. The Morgan fingerprint density at radius 2 is 1.81 bits per heavy atom. The van der Waals surface area contributed by atoms with Crippen LogP contribution in [0, 0.1) is 24.2 Å². The van der Waals surface area contributed by atoms with E-state index in [2.05, 4.69) is 10.3 Å². The van der Waals surface area contributed by atoms with Gasteiger partial charge in [0.2, 0.25) is 5.91 Å². The molecular formula is C27H44N2O6S. The molecule has 0 aliphatic carbocycles. The van der Waals surface area contributed by atoms with Gasteiger partial charge >= 0.3 is 0 Å². The maximum absolute atomic E-state index is 13.2. The summed E-state index contributed by atoms with van der Waals surface area (Å²) in [6.45, 7) is 12.0. The van der Waals surface area contributed by atoms with Crippen LogP contribution in [0.2, 0.25) is 0 Å². The number of hydrogen-bond acceptors (Lipinski definition) is 8. The minimum atomic E-state index is -1.41. The molecule has 0 aromatic carbocycles. The SMILES string of the molecule is C/C(=C\c1csc(C)n1)[C@@H]1C[C@@H](O)[C@](C)(O)CCC[C@H](C)[C@H](O)[C@@H](C)C(=O)C(C)(C)[C@@H](O)CC(=O)N1. The topological polar surface area (TPSA) is 140 Å². The third kappa shape index (κ3) is 7.68. The average molecular weight is 525 g/mol. The Labute approximate surface area is 218 Å². The molecule has 36 heavy (non-hydrogen) atoms. The van der Waals surface area contributed by atoms with Crippen molar-refractivity contribution in [2.45, 2.75) is 111 Å². The lowest BCUT2D eigenvalue weighted by atomic mass is 9.72. The fourth-order valence-electron chi connectivity index (χ4n) is 4.82. The van der Waals surface area contributed by atoms with Gasteiger partial charge < -0.3 is 25.7 Å². The van der Waals surface area contributed by atoms with E-state index in [9.17, 15) is 30.0 Å². The number of aliphatic hydroxyl groups excluding tert-OH is 3. The fraction of sp³-hybridized carbons (Fsp3) is 0.741. The van der Waals surface area contributed by atoms with Crippen LogP contribution >= 0.6 is 11.3 Å². The average Bonchev–Trinajstić information content (AvgIpc) is 3.20. The second-order valence-corrected chi connectivity index (χ2v) is 12.4. The number of thiazole rings is 1. The van der Waals surface area contributed by atoms with Gasteiger partial charge in [0.1, 0.15) is 5.78 Å². The predicted octanol–water partition coefficient (Wildman–Crippen LogP) is 3.00. The zero-order chi connectivity index (χ0) is 27.4. The van der Waals surface area contributed by atoms with E-state index in [1.807, 2.05) is 32.2 Å². The molecule has 7 atom stereocenters. The number of amides is 1. The number of Topliss-reactive ketones (excluding diaryl/α,β-unsaturated/α-hetero) is 1. The summed E-state index contributed by atoms with van der Waals surface area (Å²) in [5.41, 5.74) is -1.16. The van der Waals surface area contributed by atoms with E-state index in [-0.39, 0.29) is 24.5 Å². The Balaban J connectivity index is 2.39. The van der Waals surface area contributed by atoms with Gasteiger partial charge in [0.15, 0.2) is 0 Å². The van der Waals surface area contributed by atoms with Gasteiger partial charge in [0.05, 0.1) is 52.5 Å². The number of nitrogens with zero attached hydrogens (tertiary/aromatic N) is 1. The number of hydrogen-bond donors (Lipinski definition) is 5. The summed E-state index contributed by atoms with van der Waals surface area (Å²) in [6, 6.07) is -0.612. The van der Waals surface area contributed by atoms with Gasteiger partial charge in [-0.15, -0.1) is 11.3 Å². The lowest BCUT2D eigenvalue weighted by Crippen LogP contribution is -2.49. The maximum Gasteiger partial charge on any atom is 0.223 e. The molecule has 0 spiro atoms. The molecule has 0 bridgehead atoms. The van der Waals surface area contributed by atoms with Crippen molar-refractivity contribution in [1.82, 2.24) is 10.3 Å². The van der Waals surface area contributed by atoms with Crippen molar-refractivity contribution in [1.29, 1.82) is 0 Å². The maximum atomic E-state index is 13.2. The van der Waals surface area contributed by atoms with Crippen LogP contribution in [0.1, 0.15) is 84.3 Å². The van der Waals surface area contributed by atoms with E-state index >= 15 is 0 Å². The van der Waals surface area contributed by atoms with E-state index in [1.165, 1.54) is 11.3 Å². The summed E-state index contributed by atoms with van der Waals surface area (Å²) >= 11 is 1.51. The van der Waals surface area contributed by atoms with Crippen LogP contribution in [-0.4, -0.2) is 67.1 Å². The second-order valence-electron chi connectivity index (χ2n) is 11.4. The van der Waals surface area contributed by atoms with Crippen molar-refractivity contribution >= 4 is 29.1 Å². The second kappa shape index (κ2) is 12.3. The first kappa shape index (κ1) is 30.6. The molecule has 204 valence electrons. The number of aryl methyl sites for hydroxylation is 1. The van der Waals surface area contributed by atoms with Crippen LogP contribution in [0.15, 0.2) is 11.0 Å². The van der Waals surface area contributed by atoms with Crippen LogP contribution in [-0.2, 0) is 9.59 Å². The number of ketones is 1. The lowest BCUT2D eigenvalue weighted by molar-refractivity contribution is -0.143. The van der Waals surface area contributed by atoms with Crippen LogP contribution in [0.4, 0.5) is 0 Å². The van der Waals surface area contributed by atoms with E-state index in [1.54, 1.807) is 27.7 Å². The molecule has 2 heterocycles. The van der Waals surface area contributed by atoms with E-state index < -0.39 is 47.2 Å². The first-order valence-electron chi connectivity index (χ1n) is 12.8. The van der Waals surface area contributed by atoms with Crippen molar-refractivity contribution in [2.24, 2.45) is 17.3 Å². The molecule has 0 saturated carbocycles. The summed E-state index contributed by atoms with van der Waals surface area (Å²) in [4.78, 5) is 30.7. The monoisotopic (exact) mass is 524 g/mol. The quantitative estimate of drug-likeness (QED) is 0.401. The molecule has 8 nitrogen and oxygen atoms in total. The minimum Gasteiger partial charge on any atom is -0.392 e. The Morgan fingerprint density at radius 3 is 2.39 bits per heavy atom. The van der Waals surface area contributed by atoms with E-state index in [0.717, 1.165) is 16.3 Å². The number of aliphatic hydroxyl groups is 4. The summed E-state index contributed by atoms with van der Waals surface area (Å²) < 4.78 is 0. The Hall–Kier alpha value is -1.65. The van der Waals surface area contributed by atoms with E-state index in [4.69, 9.17) is 0 Å². The summed E-state index contributed by atoms with van der Waals surface area (Å²) in [6.07, 6.45) is -0.324.